The molecule has 0 heterocycles. The molecule has 0 aliphatic carbocycles. The highest BCUT2D eigenvalue weighted by atomic mass is 16.5. The van der Waals surface area contributed by atoms with E-state index in [0.717, 1.165) is 0 Å². The molecule has 0 bridgehead atoms. The average Bonchev–Trinajstić information content (AvgIpc) is 2.68. The third kappa shape index (κ3) is 3.55. The second-order valence-corrected chi connectivity index (χ2v) is 5.25. The van der Waals surface area contributed by atoms with E-state index in [9.17, 15) is 4.79 Å². The van der Waals surface area contributed by atoms with E-state index in [1.54, 1.807) is 48.5 Å². The lowest BCUT2D eigenvalue weighted by Crippen LogP contribution is -2.00. The number of ketones is 1. The van der Waals surface area contributed by atoms with Gasteiger partial charge in [-0.3, -0.25) is 4.79 Å². The predicted octanol–water partition coefficient (Wildman–Crippen LogP) is 4.45. The van der Waals surface area contributed by atoms with Crippen molar-refractivity contribution in [2.75, 3.05) is 0 Å². The van der Waals surface area contributed by atoms with E-state index in [-0.39, 0.29) is 11.3 Å². The van der Waals surface area contributed by atoms with E-state index in [1.165, 1.54) is 6.07 Å². The lowest BCUT2D eigenvalue weighted by atomic mass is 10.0. The zero-order chi connectivity index (χ0) is 17.6. The Hall–Kier alpha value is -3.89. The van der Waals surface area contributed by atoms with Crippen molar-refractivity contribution in [3.8, 4) is 23.6 Å². The first-order valence-corrected chi connectivity index (χ1v) is 7.53. The molecule has 0 aliphatic heterocycles. The maximum atomic E-state index is 12.4. The Kier molecular flexibility index (Phi) is 4.55. The third-order valence-electron chi connectivity index (χ3n) is 3.62. The van der Waals surface area contributed by atoms with Crippen LogP contribution in [-0.2, 0) is 0 Å². The van der Waals surface area contributed by atoms with Gasteiger partial charge in [0.05, 0.1) is 11.1 Å². The first-order chi connectivity index (χ1) is 12.2. The summed E-state index contributed by atoms with van der Waals surface area (Å²) >= 11 is 0. The molecular formula is C21H12N2O2. The zero-order valence-electron chi connectivity index (χ0n) is 13.1. The summed E-state index contributed by atoms with van der Waals surface area (Å²) in [5, 5.41) is 18.0. The molecule has 4 nitrogen and oxygen atoms in total. The van der Waals surface area contributed by atoms with Crippen molar-refractivity contribution in [3.05, 3.63) is 95.1 Å². The minimum absolute atomic E-state index is 0.0581. The van der Waals surface area contributed by atoms with Crippen molar-refractivity contribution in [1.29, 1.82) is 10.5 Å². The van der Waals surface area contributed by atoms with E-state index in [0.29, 0.717) is 28.2 Å². The summed E-state index contributed by atoms with van der Waals surface area (Å²) in [6.45, 7) is 0. The predicted molar refractivity (Wildman–Crippen MR) is 92.3 cm³/mol. The van der Waals surface area contributed by atoms with E-state index >= 15 is 0 Å². The van der Waals surface area contributed by atoms with Crippen LogP contribution in [0, 0.1) is 22.7 Å². The highest BCUT2D eigenvalue weighted by molar-refractivity contribution is 6.08. The van der Waals surface area contributed by atoms with Crippen LogP contribution in [-0.4, -0.2) is 5.78 Å². The first-order valence-electron chi connectivity index (χ1n) is 7.53. The van der Waals surface area contributed by atoms with Crippen molar-refractivity contribution in [1.82, 2.24) is 0 Å². The van der Waals surface area contributed by atoms with E-state index in [4.69, 9.17) is 15.3 Å². The number of hydrogen-bond donors (Lipinski definition) is 0. The SMILES string of the molecule is N#Cc1ccc(Oc2ccc(C(=O)c3ccccc3)cc2)cc1C#N. The molecule has 0 aromatic heterocycles. The van der Waals surface area contributed by atoms with Crippen molar-refractivity contribution >= 4 is 5.78 Å². The molecule has 118 valence electrons. The Morgan fingerprint density at radius 2 is 1.32 bits per heavy atom. The molecule has 0 spiro atoms. The van der Waals surface area contributed by atoms with Gasteiger partial charge in [-0.05, 0) is 42.5 Å². The van der Waals surface area contributed by atoms with Gasteiger partial charge < -0.3 is 4.74 Å². The van der Waals surface area contributed by atoms with Gasteiger partial charge >= 0.3 is 0 Å². The lowest BCUT2D eigenvalue weighted by Gasteiger charge is -2.07. The van der Waals surface area contributed by atoms with E-state index < -0.39 is 0 Å². The van der Waals surface area contributed by atoms with Crippen LogP contribution in [0.2, 0.25) is 0 Å². The number of ether oxygens (including phenoxy) is 1. The lowest BCUT2D eigenvalue weighted by molar-refractivity contribution is 0.103. The molecule has 0 saturated heterocycles. The fourth-order valence-corrected chi connectivity index (χ4v) is 2.34. The van der Waals surface area contributed by atoms with Gasteiger partial charge in [-0.15, -0.1) is 0 Å². The molecule has 0 aliphatic rings. The number of carbonyl (C=O) groups is 1. The van der Waals surface area contributed by atoms with Crippen LogP contribution >= 0.6 is 0 Å². The van der Waals surface area contributed by atoms with Gasteiger partial charge in [0, 0.05) is 11.1 Å². The molecule has 3 aromatic rings. The minimum atomic E-state index is -0.0581. The minimum Gasteiger partial charge on any atom is -0.457 e. The quantitative estimate of drug-likeness (QED) is 0.664. The Bertz CT molecular complexity index is 995. The number of nitrogens with zero attached hydrogens (tertiary/aromatic N) is 2. The molecule has 0 amide bonds. The smallest absolute Gasteiger partial charge is 0.193 e. The molecule has 0 saturated carbocycles. The van der Waals surface area contributed by atoms with Gasteiger partial charge in [-0.2, -0.15) is 10.5 Å². The number of hydrogen-bond acceptors (Lipinski definition) is 4. The van der Waals surface area contributed by atoms with Crippen LogP contribution < -0.4 is 4.74 Å². The van der Waals surface area contributed by atoms with Crippen molar-refractivity contribution < 1.29 is 9.53 Å². The molecule has 0 fully saturated rings. The molecule has 25 heavy (non-hydrogen) atoms. The topological polar surface area (TPSA) is 73.9 Å². The normalized spacial score (nSPS) is 9.68. The summed E-state index contributed by atoms with van der Waals surface area (Å²) < 4.78 is 5.69. The van der Waals surface area contributed by atoms with Crippen LogP contribution in [0.25, 0.3) is 0 Å². The molecule has 0 atom stereocenters. The molecule has 4 heteroatoms. The molecule has 0 N–H and O–H groups in total. The summed E-state index contributed by atoms with van der Waals surface area (Å²) in [4.78, 5) is 12.4. The fraction of sp³-hybridized carbons (Fsp3) is 0. The van der Waals surface area contributed by atoms with Gasteiger partial charge in [0.1, 0.15) is 23.6 Å². The summed E-state index contributed by atoms with van der Waals surface area (Å²) in [6.07, 6.45) is 0. The Balaban J connectivity index is 1.79. The largest absolute Gasteiger partial charge is 0.457 e. The van der Waals surface area contributed by atoms with Crippen LogP contribution in [0.1, 0.15) is 27.0 Å². The van der Waals surface area contributed by atoms with Crippen molar-refractivity contribution in [2.45, 2.75) is 0 Å². The number of benzene rings is 3. The maximum absolute atomic E-state index is 12.4. The van der Waals surface area contributed by atoms with Gasteiger partial charge in [-0.25, -0.2) is 0 Å². The van der Waals surface area contributed by atoms with Crippen LogP contribution in [0.4, 0.5) is 0 Å². The molecular weight excluding hydrogens is 312 g/mol. The van der Waals surface area contributed by atoms with Gasteiger partial charge in [0.25, 0.3) is 0 Å². The number of rotatable bonds is 4. The van der Waals surface area contributed by atoms with Crippen LogP contribution in [0.5, 0.6) is 11.5 Å². The van der Waals surface area contributed by atoms with Gasteiger partial charge in [0.15, 0.2) is 5.78 Å². The monoisotopic (exact) mass is 324 g/mol. The fourth-order valence-electron chi connectivity index (χ4n) is 2.34. The number of nitriles is 2. The average molecular weight is 324 g/mol. The Morgan fingerprint density at radius 3 is 1.96 bits per heavy atom. The second kappa shape index (κ2) is 7.12. The second-order valence-electron chi connectivity index (χ2n) is 5.25. The third-order valence-corrected chi connectivity index (χ3v) is 3.62. The van der Waals surface area contributed by atoms with Gasteiger partial charge in [0.2, 0.25) is 0 Å². The summed E-state index contributed by atoms with van der Waals surface area (Å²) in [5.74, 6) is 0.938. The highest BCUT2D eigenvalue weighted by Gasteiger charge is 2.09. The van der Waals surface area contributed by atoms with Crippen LogP contribution in [0.15, 0.2) is 72.8 Å². The van der Waals surface area contributed by atoms with Crippen LogP contribution in [0.3, 0.4) is 0 Å². The zero-order valence-corrected chi connectivity index (χ0v) is 13.1. The molecule has 0 radical (unpaired) electrons. The van der Waals surface area contributed by atoms with Gasteiger partial charge in [-0.1, -0.05) is 30.3 Å². The molecule has 0 unspecified atom stereocenters. The van der Waals surface area contributed by atoms with Crippen molar-refractivity contribution in [3.63, 3.8) is 0 Å². The van der Waals surface area contributed by atoms with Crippen molar-refractivity contribution in [2.24, 2.45) is 0 Å². The van der Waals surface area contributed by atoms with E-state index in [2.05, 4.69) is 0 Å². The summed E-state index contributed by atoms with van der Waals surface area (Å²) in [6, 6.07) is 24.4. The Morgan fingerprint density at radius 1 is 0.720 bits per heavy atom. The highest BCUT2D eigenvalue weighted by Crippen LogP contribution is 2.24. The first kappa shape index (κ1) is 16.0. The molecule has 3 aromatic carbocycles. The van der Waals surface area contributed by atoms with E-state index in [1.807, 2.05) is 30.3 Å². The standard InChI is InChI=1S/C21H12N2O2/c22-13-17-8-11-20(12-18(17)14-23)25-19-9-6-16(7-10-19)21(24)15-4-2-1-3-5-15/h1-12H. The summed E-state index contributed by atoms with van der Waals surface area (Å²) in [7, 11) is 0. The Labute approximate surface area is 145 Å². The summed E-state index contributed by atoms with van der Waals surface area (Å²) in [5.41, 5.74) is 1.76. The maximum Gasteiger partial charge on any atom is 0.193 e. The number of carbonyl (C=O) groups excluding carboxylic acids is 1. The molecule has 3 rings (SSSR count).